The number of rotatable bonds is 2. The molecule has 0 spiro atoms. The molecule has 0 aliphatic carbocycles. The zero-order chi connectivity index (χ0) is 15.0. The Morgan fingerprint density at radius 3 is 2.76 bits per heavy atom. The molecule has 0 saturated heterocycles. The Morgan fingerprint density at radius 2 is 2.00 bits per heavy atom. The summed E-state index contributed by atoms with van der Waals surface area (Å²) in [5.74, 6) is -0.381. The Labute approximate surface area is 124 Å². The van der Waals surface area contributed by atoms with E-state index in [-0.39, 0.29) is 11.8 Å². The Kier molecular flexibility index (Phi) is 3.58. The topological polar surface area (TPSA) is 23.5 Å². The van der Waals surface area contributed by atoms with E-state index in [9.17, 15) is 9.50 Å². The van der Waals surface area contributed by atoms with E-state index >= 15 is 0 Å². The molecule has 3 rings (SSSR count). The molecule has 1 heterocycles. The van der Waals surface area contributed by atoms with Gasteiger partial charge < -0.3 is 10.0 Å². The van der Waals surface area contributed by atoms with Crippen molar-refractivity contribution in [3.8, 4) is 5.75 Å². The highest BCUT2D eigenvalue weighted by Crippen LogP contribution is 2.39. The van der Waals surface area contributed by atoms with Gasteiger partial charge in [0.25, 0.3) is 0 Å². The molecule has 0 radical (unpaired) electrons. The van der Waals surface area contributed by atoms with Crippen molar-refractivity contribution >= 4 is 5.69 Å². The van der Waals surface area contributed by atoms with Gasteiger partial charge in [0.15, 0.2) is 0 Å². The van der Waals surface area contributed by atoms with Crippen LogP contribution in [0.2, 0.25) is 0 Å². The van der Waals surface area contributed by atoms with Crippen molar-refractivity contribution in [2.24, 2.45) is 0 Å². The minimum atomic E-state index is -0.407. The summed E-state index contributed by atoms with van der Waals surface area (Å²) in [6, 6.07) is 13.1. The molecule has 1 aliphatic heterocycles. The molecular formula is C18H20FNO. The minimum Gasteiger partial charge on any atom is -0.507 e. The predicted molar refractivity (Wildman–Crippen MR) is 83.2 cm³/mol. The molecule has 0 amide bonds. The van der Waals surface area contributed by atoms with Gasteiger partial charge in [-0.25, -0.2) is 4.39 Å². The quantitative estimate of drug-likeness (QED) is 0.882. The molecule has 2 aromatic rings. The molecule has 3 heteroatoms. The van der Waals surface area contributed by atoms with Crippen LogP contribution in [-0.2, 0) is 6.42 Å². The molecule has 2 aromatic carbocycles. The predicted octanol–water partition coefficient (Wildman–Crippen LogP) is 4.43. The number of para-hydroxylation sites is 1. The molecule has 0 fully saturated rings. The number of phenols is 1. The van der Waals surface area contributed by atoms with Gasteiger partial charge in [-0.15, -0.1) is 0 Å². The lowest BCUT2D eigenvalue weighted by Gasteiger charge is -2.41. The molecule has 2 nitrogen and oxygen atoms in total. The fourth-order valence-corrected chi connectivity index (χ4v) is 3.33. The van der Waals surface area contributed by atoms with Crippen LogP contribution in [0, 0.1) is 5.82 Å². The van der Waals surface area contributed by atoms with E-state index in [4.69, 9.17) is 0 Å². The second kappa shape index (κ2) is 5.40. The second-order valence-electron chi connectivity index (χ2n) is 5.80. The van der Waals surface area contributed by atoms with Crippen LogP contribution in [0.25, 0.3) is 0 Å². The van der Waals surface area contributed by atoms with E-state index in [1.165, 1.54) is 23.4 Å². The van der Waals surface area contributed by atoms with Crippen molar-refractivity contribution in [1.82, 2.24) is 0 Å². The fourth-order valence-electron chi connectivity index (χ4n) is 3.33. The highest BCUT2D eigenvalue weighted by atomic mass is 19.1. The third-order valence-electron chi connectivity index (χ3n) is 4.44. The normalized spacial score (nSPS) is 19.2. The lowest BCUT2D eigenvalue weighted by molar-refractivity contribution is 0.445. The van der Waals surface area contributed by atoms with Gasteiger partial charge in [0.05, 0.1) is 6.04 Å². The van der Waals surface area contributed by atoms with Gasteiger partial charge in [-0.3, -0.25) is 0 Å². The van der Waals surface area contributed by atoms with Crippen LogP contribution < -0.4 is 4.90 Å². The SMILES string of the molecule is CC1CCc2ccccc2N1C(C)c1ccc(F)cc1O. The van der Waals surface area contributed by atoms with Gasteiger partial charge >= 0.3 is 0 Å². The largest absolute Gasteiger partial charge is 0.507 e. The van der Waals surface area contributed by atoms with Crippen molar-refractivity contribution in [1.29, 1.82) is 0 Å². The third kappa shape index (κ3) is 2.48. The maximum absolute atomic E-state index is 13.2. The number of halogens is 1. The van der Waals surface area contributed by atoms with Crippen LogP contribution in [0.15, 0.2) is 42.5 Å². The minimum absolute atomic E-state index is 0.00190. The van der Waals surface area contributed by atoms with Gasteiger partial charge in [-0.2, -0.15) is 0 Å². The van der Waals surface area contributed by atoms with Crippen LogP contribution in [-0.4, -0.2) is 11.1 Å². The average molecular weight is 285 g/mol. The Morgan fingerprint density at radius 1 is 1.24 bits per heavy atom. The molecule has 1 aliphatic rings. The maximum atomic E-state index is 13.2. The number of aromatic hydroxyl groups is 1. The number of phenolic OH excluding ortho intramolecular Hbond substituents is 1. The van der Waals surface area contributed by atoms with Crippen molar-refractivity contribution in [2.75, 3.05) is 4.90 Å². The van der Waals surface area contributed by atoms with Crippen LogP contribution in [0.4, 0.5) is 10.1 Å². The van der Waals surface area contributed by atoms with Gasteiger partial charge in [0.1, 0.15) is 11.6 Å². The summed E-state index contributed by atoms with van der Waals surface area (Å²) in [5, 5.41) is 10.1. The van der Waals surface area contributed by atoms with E-state index in [2.05, 4.69) is 36.9 Å². The summed E-state index contributed by atoms with van der Waals surface area (Å²) in [4.78, 5) is 2.33. The fraction of sp³-hybridized carbons (Fsp3) is 0.333. The van der Waals surface area contributed by atoms with E-state index in [0.717, 1.165) is 18.4 Å². The van der Waals surface area contributed by atoms with Crippen molar-refractivity contribution < 1.29 is 9.50 Å². The summed E-state index contributed by atoms with van der Waals surface area (Å²) < 4.78 is 13.2. The zero-order valence-corrected chi connectivity index (χ0v) is 12.4. The van der Waals surface area contributed by atoms with Crippen LogP contribution in [0.1, 0.15) is 37.4 Å². The molecule has 0 saturated carbocycles. The van der Waals surface area contributed by atoms with E-state index < -0.39 is 5.82 Å². The number of anilines is 1. The summed E-state index contributed by atoms with van der Waals surface area (Å²) in [5.41, 5.74) is 3.32. The molecule has 110 valence electrons. The molecule has 2 atom stereocenters. The number of aryl methyl sites for hydroxylation is 1. The summed E-state index contributed by atoms with van der Waals surface area (Å²) in [6.07, 6.45) is 2.17. The summed E-state index contributed by atoms with van der Waals surface area (Å²) in [7, 11) is 0. The van der Waals surface area contributed by atoms with Crippen molar-refractivity contribution in [3.63, 3.8) is 0 Å². The van der Waals surface area contributed by atoms with Crippen molar-refractivity contribution in [3.05, 3.63) is 59.4 Å². The first-order chi connectivity index (χ1) is 10.1. The highest BCUT2D eigenvalue weighted by molar-refractivity contribution is 5.58. The molecule has 2 unspecified atom stereocenters. The lowest BCUT2D eigenvalue weighted by Crippen LogP contribution is -2.39. The zero-order valence-electron chi connectivity index (χ0n) is 12.4. The molecule has 1 N–H and O–H groups in total. The molecular weight excluding hydrogens is 265 g/mol. The lowest BCUT2D eigenvalue weighted by atomic mass is 9.93. The van der Waals surface area contributed by atoms with Gasteiger partial charge in [0, 0.05) is 23.4 Å². The Hall–Kier alpha value is -2.03. The number of fused-ring (bicyclic) bond motifs is 1. The number of benzene rings is 2. The van der Waals surface area contributed by atoms with Crippen LogP contribution in [0.3, 0.4) is 0 Å². The molecule has 0 aromatic heterocycles. The molecule has 21 heavy (non-hydrogen) atoms. The molecule has 0 bridgehead atoms. The summed E-state index contributed by atoms with van der Waals surface area (Å²) in [6.45, 7) is 4.26. The Bertz CT molecular complexity index is 655. The Balaban J connectivity index is 2.02. The maximum Gasteiger partial charge on any atom is 0.126 e. The third-order valence-corrected chi connectivity index (χ3v) is 4.44. The standard InChI is InChI=1S/C18H20FNO/c1-12-7-8-14-5-3-4-6-17(14)20(12)13(2)16-10-9-15(19)11-18(16)21/h3-6,9-13,21H,7-8H2,1-2H3. The first-order valence-electron chi connectivity index (χ1n) is 7.42. The smallest absolute Gasteiger partial charge is 0.126 e. The second-order valence-corrected chi connectivity index (χ2v) is 5.80. The monoisotopic (exact) mass is 285 g/mol. The van der Waals surface area contributed by atoms with Gasteiger partial charge in [0.2, 0.25) is 0 Å². The number of nitrogens with zero attached hydrogens (tertiary/aromatic N) is 1. The van der Waals surface area contributed by atoms with E-state index in [0.29, 0.717) is 6.04 Å². The van der Waals surface area contributed by atoms with E-state index in [1.807, 2.05) is 6.07 Å². The van der Waals surface area contributed by atoms with Crippen LogP contribution in [0.5, 0.6) is 5.75 Å². The van der Waals surface area contributed by atoms with Gasteiger partial charge in [-0.1, -0.05) is 24.3 Å². The van der Waals surface area contributed by atoms with Gasteiger partial charge in [-0.05, 0) is 44.4 Å². The first kappa shape index (κ1) is 13.9. The first-order valence-corrected chi connectivity index (χ1v) is 7.42. The number of hydrogen-bond acceptors (Lipinski definition) is 2. The number of hydrogen-bond donors (Lipinski definition) is 1. The average Bonchev–Trinajstić information content (AvgIpc) is 2.46. The summed E-state index contributed by atoms with van der Waals surface area (Å²) >= 11 is 0. The van der Waals surface area contributed by atoms with E-state index in [1.54, 1.807) is 6.07 Å². The highest BCUT2D eigenvalue weighted by Gasteiger charge is 2.28. The van der Waals surface area contributed by atoms with Crippen LogP contribution >= 0.6 is 0 Å². The van der Waals surface area contributed by atoms with Crippen molar-refractivity contribution in [2.45, 2.75) is 38.8 Å².